The highest BCUT2D eigenvalue weighted by Gasteiger charge is 2.31. The number of carbonyl (C=O) groups excluding carboxylic acids is 1. The molecule has 3 aromatic rings. The highest BCUT2D eigenvalue weighted by Crippen LogP contribution is 2.40. The molecule has 1 aromatic heterocycles. The molecule has 1 heterocycles. The van der Waals surface area contributed by atoms with Crippen molar-refractivity contribution in [1.29, 1.82) is 0 Å². The zero-order valence-corrected chi connectivity index (χ0v) is 20.5. The van der Waals surface area contributed by atoms with E-state index in [9.17, 15) is 14.9 Å². The number of hydrogen-bond acceptors (Lipinski definition) is 8. The third-order valence-corrected chi connectivity index (χ3v) is 5.64. The van der Waals surface area contributed by atoms with Crippen LogP contribution >= 0.6 is 0 Å². The lowest BCUT2D eigenvalue weighted by Gasteiger charge is -2.13. The first kappa shape index (κ1) is 25.4. The fourth-order valence-electron chi connectivity index (χ4n) is 3.62. The molecule has 11 heteroatoms. The van der Waals surface area contributed by atoms with Gasteiger partial charge < -0.3 is 24.3 Å². The summed E-state index contributed by atoms with van der Waals surface area (Å²) in [6.45, 7) is 3.01. The van der Waals surface area contributed by atoms with Crippen LogP contribution in [0.25, 0.3) is 17.0 Å². The number of halogens is 1. The average Bonchev–Trinajstić information content (AvgIpc) is 3.61. The Hall–Kier alpha value is -4.67. The summed E-state index contributed by atoms with van der Waals surface area (Å²) in [5.74, 6) is 0.0757. The Labute approximate surface area is 211 Å². The Morgan fingerprint density at radius 1 is 1.16 bits per heavy atom. The number of pyridine rings is 1. The zero-order chi connectivity index (χ0) is 26.7. The molecule has 0 radical (unpaired) electrons. The fraction of sp³-hybridized carbons (Fsp3) is 0.231. The molecule has 1 aliphatic carbocycles. The molecule has 1 atom stereocenters. The van der Waals surface area contributed by atoms with Gasteiger partial charge in [0, 0.05) is 30.6 Å². The molecule has 1 unspecified atom stereocenters. The van der Waals surface area contributed by atoms with Gasteiger partial charge >= 0.3 is 0 Å². The standard InChI is InChI=1S/C26H24FN3O7/c1-14(34-3)9-18-21(30(32)33)5-6-23(26(18)27)37-22-7-8-28-20-12-25(24(35-4)11-17(20)22)36-13-16-10-19(16)29-15(2)31/h5-9,11-13,19H,10H2,1-4H3,(H,29,31)/b14-9+,16-13+. The lowest BCUT2D eigenvalue weighted by atomic mass is 10.1. The summed E-state index contributed by atoms with van der Waals surface area (Å²) in [6.07, 6.45) is 4.99. The maximum absolute atomic E-state index is 15.4. The summed E-state index contributed by atoms with van der Waals surface area (Å²) in [4.78, 5) is 26.3. The first-order chi connectivity index (χ1) is 17.7. The lowest BCUT2D eigenvalue weighted by Crippen LogP contribution is -2.22. The van der Waals surface area contributed by atoms with Gasteiger partial charge in [-0.15, -0.1) is 0 Å². The van der Waals surface area contributed by atoms with Crippen LogP contribution in [0, 0.1) is 15.9 Å². The summed E-state index contributed by atoms with van der Waals surface area (Å²) in [6, 6.07) is 7.16. The van der Waals surface area contributed by atoms with Crippen molar-refractivity contribution in [3.8, 4) is 23.0 Å². The number of allylic oxidation sites excluding steroid dienone is 1. The Morgan fingerprint density at radius 2 is 1.95 bits per heavy atom. The van der Waals surface area contributed by atoms with Crippen LogP contribution in [0.15, 0.2) is 54.1 Å². The molecular weight excluding hydrogens is 485 g/mol. The topological polar surface area (TPSA) is 122 Å². The molecule has 1 N–H and O–H groups in total. The summed E-state index contributed by atoms with van der Waals surface area (Å²) >= 11 is 0. The van der Waals surface area contributed by atoms with Crippen LogP contribution in [0.5, 0.6) is 23.0 Å². The summed E-state index contributed by atoms with van der Waals surface area (Å²) in [7, 11) is 2.86. The Balaban J connectivity index is 1.68. The van der Waals surface area contributed by atoms with E-state index in [4.69, 9.17) is 18.9 Å². The van der Waals surface area contributed by atoms with E-state index in [1.807, 2.05) is 0 Å². The normalized spacial score (nSPS) is 15.9. The third-order valence-electron chi connectivity index (χ3n) is 5.64. The number of benzene rings is 2. The highest BCUT2D eigenvalue weighted by atomic mass is 19.1. The highest BCUT2D eigenvalue weighted by molar-refractivity contribution is 5.88. The third kappa shape index (κ3) is 5.61. The molecular formula is C26H24FN3O7. The van der Waals surface area contributed by atoms with Crippen LogP contribution in [-0.2, 0) is 9.53 Å². The van der Waals surface area contributed by atoms with Crippen molar-refractivity contribution in [2.45, 2.75) is 26.3 Å². The van der Waals surface area contributed by atoms with Crippen molar-refractivity contribution in [1.82, 2.24) is 10.3 Å². The second-order valence-electron chi connectivity index (χ2n) is 8.23. The predicted molar refractivity (Wildman–Crippen MR) is 133 cm³/mol. The average molecular weight is 509 g/mol. The minimum atomic E-state index is -0.910. The Morgan fingerprint density at radius 3 is 2.62 bits per heavy atom. The zero-order valence-electron chi connectivity index (χ0n) is 20.5. The Kier molecular flexibility index (Phi) is 7.23. The smallest absolute Gasteiger partial charge is 0.279 e. The molecule has 10 nitrogen and oxygen atoms in total. The van der Waals surface area contributed by atoms with E-state index >= 15 is 4.39 Å². The van der Waals surface area contributed by atoms with Gasteiger partial charge in [0.05, 0.1) is 48.3 Å². The molecule has 4 rings (SSSR count). The van der Waals surface area contributed by atoms with Crippen LogP contribution in [0.3, 0.4) is 0 Å². The minimum absolute atomic E-state index is 0.0360. The molecule has 1 saturated carbocycles. The van der Waals surface area contributed by atoms with Gasteiger partial charge in [0.1, 0.15) is 5.75 Å². The number of ether oxygens (including phenoxy) is 4. The van der Waals surface area contributed by atoms with Crippen molar-refractivity contribution in [2.24, 2.45) is 0 Å². The lowest BCUT2D eigenvalue weighted by molar-refractivity contribution is -0.385. The summed E-state index contributed by atoms with van der Waals surface area (Å²) in [5, 5.41) is 14.7. The second-order valence-corrected chi connectivity index (χ2v) is 8.23. The van der Waals surface area contributed by atoms with Gasteiger partial charge in [-0.1, -0.05) is 0 Å². The van der Waals surface area contributed by atoms with Gasteiger partial charge in [0.2, 0.25) is 5.91 Å². The van der Waals surface area contributed by atoms with E-state index in [0.717, 1.165) is 5.57 Å². The largest absolute Gasteiger partial charge is 0.501 e. The van der Waals surface area contributed by atoms with E-state index in [1.165, 1.54) is 45.5 Å². The number of hydrogen-bond donors (Lipinski definition) is 1. The number of rotatable bonds is 9. The van der Waals surface area contributed by atoms with Gasteiger partial charge in [0.25, 0.3) is 5.69 Å². The second kappa shape index (κ2) is 10.5. The first-order valence-corrected chi connectivity index (χ1v) is 11.2. The van der Waals surface area contributed by atoms with Crippen LogP contribution in [0.1, 0.15) is 25.8 Å². The van der Waals surface area contributed by atoms with Gasteiger partial charge in [-0.3, -0.25) is 19.9 Å². The van der Waals surface area contributed by atoms with Crippen molar-refractivity contribution < 1.29 is 33.1 Å². The van der Waals surface area contributed by atoms with Crippen LogP contribution in [0.4, 0.5) is 10.1 Å². The molecule has 1 fully saturated rings. The quantitative estimate of drug-likeness (QED) is 0.235. The number of nitro benzene ring substituents is 1. The van der Waals surface area contributed by atoms with Crippen LogP contribution in [-0.4, -0.2) is 36.1 Å². The monoisotopic (exact) mass is 509 g/mol. The predicted octanol–water partition coefficient (Wildman–Crippen LogP) is 5.26. The van der Waals surface area contributed by atoms with E-state index in [-0.39, 0.29) is 34.8 Å². The summed E-state index contributed by atoms with van der Waals surface area (Å²) in [5.41, 5.74) is 0.733. The maximum atomic E-state index is 15.4. The van der Waals surface area contributed by atoms with Crippen molar-refractivity contribution in [2.75, 3.05) is 14.2 Å². The molecule has 37 heavy (non-hydrogen) atoms. The fourth-order valence-corrected chi connectivity index (χ4v) is 3.62. The molecule has 192 valence electrons. The van der Waals surface area contributed by atoms with Crippen LogP contribution in [0.2, 0.25) is 0 Å². The van der Waals surface area contributed by atoms with E-state index in [2.05, 4.69) is 10.3 Å². The SMILES string of the molecule is CO/C(C)=C/c1c([N+](=O)[O-])ccc(Oc2ccnc3cc(O/C=C4\CC4NC(C)=O)c(OC)cc23)c1F. The minimum Gasteiger partial charge on any atom is -0.501 e. The van der Waals surface area contributed by atoms with Gasteiger partial charge in [-0.2, -0.15) is 0 Å². The number of aromatic nitrogens is 1. The van der Waals surface area contributed by atoms with E-state index in [1.54, 1.807) is 31.4 Å². The number of nitro groups is 1. The van der Waals surface area contributed by atoms with Crippen molar-refractivity contribution in [3.63, 3.8) is 0 Å². The first-order valence-electron chi connectivity index (χ1n) is 11.2. The van der Waals surface area contributed by atoms with Gasteiger partial charge in [-0.05, 0) is 43.2 Å². The molecule has 1 amide bonds. The number of amides is 1. The summed E-state index contributed by atoms with van der Waals surface area (Å²) < 4.78 is 37.5. The number of carbonyl (C=O) groups is 1. The molecule has 2 aromatic carbocycles. The van der Waals surface area contributed by atoms with Crippen molar-refractivity contribution >= 4 is 28.6 Å². The molecule has 1 aliphatic rings. The Bertz CT molecular complexity index is 1450. The molecule has 0 aliphatic heterocycles. The number of nitrogens with one attached hydrogen (secondary N) is 1. The van der Waals surface area contributed by atoms with Gasteiger partial charge in [-0.25, -0.2) is 4.39 Å². The maximum Gasteiger partial charge on any atom is 0.279 e. The van der Waals surface area contributed by atoms with Crippen molar-refractivity contribution in [3.05, 3.63) is 75.6 Å². The van der Waals surface area contributed by atoms with Crippen LogP contribution < -0.4 is 19.5 Å². The van der Waals surface area contributed by atoms with Gasteiger partial charge in [0.15, 0.2) is 23.1 Å². The molecule has 0 saturated heterocycles. The van der Waals surface area contributed by atoms with E-state index < -0.39 is 16.4 Å². The number of fused-ring (bicyclic) bond motifs is 1. The molecule has 0 bridgehead atoms. The molecule has 0 spiro atoms. The number of nitrogens with zero attached hydrogens (tertiary/aromatic N) is 2. The number of methoxy groups -OCH3 is 2. The van der Waals surface area contributed by atoms with E-state index in [0.29, 0.717) is 28.8 Å².